The van der Waals surface area contributed by atoms with Gasteiger partial charge in [0, 0.05) is 25.7 Å². The second kappa shape index (κ2) is 8.86. The Hall–Kier alpha value is -0.160. The number of nitrogens with zero attached hydrogens (tertiary/aromatic N) is 1. The Kier molecular flexibility index (Phi) is 7.82. The third kappa shape index (κ3) is 6.14. The molecule has 2 unspecified atom stereocenters. The maximum atomic E-state index is 9.70. The number of rotatable bonds is 8. The molecule has 0 spiro atoms. The van der Waals surface area contributed by atoms with E-state index >= 15 is 0 Å². The van der Waals surface area contributed by atoms with E-state index < -0.39 is 0 Å². The minimum atomic E-state index is -0.349. The molecule has 1 aliphatic heterocycles. The number of hydrogen-bond acceptors (Lipinski definition) is 4. The van der Waals surface area contributed by atoms with E-state index in [1.807, 2.05) is 0 Å². The van der Waals surface area contributed by atoms with Gasteiger partial charge in [-0.3, -0.25) is 0 Å². The van der Waals surface area contributed by atoms with Crippen molar-refractivity contribution in [2.45, 2.75) is 57.7 Å². The average molecular weight is 258 g/mol. The molecule has 0 aromatic carbocycles. The van der Waals surface area contributed by atoms with Crippen molar-refractivity contribution < 1.29 is 9.84 Å². The molecule has 2 atom stereocenters. The number of likely N-dealkylation sites (tertiary alicyclic amines) is 1. The normalized spacial score (nSPS) is 22.0. The molecule has 4 heteroatoms. The summed E-state index contributed by atoms with van der Waals surface area (Å²) in [7, 11) is 1.63. The lowest BCUT2D eigenvalue weighted by molar-refractivity contribution is 0.0307. The van der Waals surface area contributed by atoms with Crippen LogP contribution in [0.15, 0.2) is 0 Å². The van der Waals surface area contributed by atoms with E-state index in [1.165, 1.54) is 25.7 Å². The zero-order valence-corrected chi connectivity index (χ0v) is 12.2. The van der Waals surface area contributed by atoms with Gasteiger partial charge in [-0.25, -0.2) is 0 Å². The molecule has 1 heterocycles. The van der Waals surface area contributed by atoms with Crippen molar-refractivity contribution in [1.29, 1.82) is 0 Å². The largest absolute Gasteiger partial charge is 0.389 e. The highest BCUT2D eigenvalue weighted by atomic mass is 16.5. The van der Waals surface area contributed by atoms with E-state index in [0.717, 1.165) is 19.6 Å². The highest BCUT2D eigenvalue weighted by molar-refractivity contribution is 4.80. The van der Waals surface area contributed by atoms with Gasteiger partial charge in [0.15, 0.2) is 0 Å². The van der Waals surface area contributed by atoms with Crippen molar-refractivity contribution in [1.82, 2.24) is 10.2 Å². The molecular weight excluding hydrogens is 228 g/mol. The molecule has 0 bridgehead atoms. The fourth-order valence-corrected chi connectivity index (χ4v) is 2.74. The first-order valence-electron chi connectivity index (χ1n) is 7.31. The summed E-state index contributed by atoms with van der Waals surface area (Å²) in [6.07, 6.45) is 4.53. The fraction of sp³-hybridized carbons (Fsp3) is 1.00. The third-order valence-corrected chi connectivity index (χ3v) is 3.66. The maximum absolute atomic E-state index is 9.70. The number of nitrogens with one attached hydrogen (secondary N) is 1. The van der Waals surface area contributed by atoms with Crippen LogP contribution in [-0.2, 0) is 4.74 Å². The van der Waals surface area contributed by atoms with E-state index in [2.05, 4.69) is 24.1 Å². The van der Waals surface area contributed by atoms with Crippen molar-refractivity contribution >= 4 is 0 Å². The molecule has 0 aromatic rings. The monoisotopic (exact) mass is 258 g/mol. The lowest BCUT2D eigenvalue weighted by Crippen LogP contribution is -2.47. The fourth-order valence-electron chi connectivity index (χ4n) is 2.74. The van der Waals surface area contributed by atoms with Gasteiger partial charge in [0.05, 0.1) is 12.7 Å². The second-order valence-electron chi connectivity index (χ2n) is 5.54. The van der Waals surface area contributed by atoms with Crippen LogP contribution in [0.5, 0.6) is 0 Å². The average Bonchev–Trinajstić information content (AvgIpc) is 2.32. The first kappa shape index (κ1) is 15.9. The summed E-state index contributed by atoms with van der Waals surface area (Å²) in [6, 6.07) is 1.29. The zero-order chi connectivity index (χ0) is 13.4. The Morgan fingerprint density at radius 3 is 2.61 bits per heavy atom. The predicted molar refractivity (Wildman–Crippen MR) is 74.9 cm³/mol. The molecule has 1 saturated heterocycles. The van der Waals surface area contributed by atoms with Gasteiger partial charge in [0.2, 0.25) is 0 Å². The molecule has 0 aliphatic carbocycles. The third-order valence-electron chi connectivity index (χ3n) is 3.66. The van der Waals surface area contributed by atoms with E-state index in [-0.39, 0.29) is 6.10 Å². The standard InChI is InChI=1S/C14H30N2O2/c1-4-5-12(2)15-13-6-8-16(9-7-13)10-14(17)11-18-3/h12-15,17H,4-11H2,1-3H3. The Labute approximate surface area is 112 Å². The van der Waals surface area contributed by atoms with Gasteiger partial charge in [-0.1, -0.05) is 13.3 Å². The quantitative estimate of drug-likeness (QED) is 0.687. The SMILES string of the molecule is CCCC(C)NC1CCN(CC(O)COC)CC1. The van der Waals surface area contributed by atoms with Crippen molar-refractivity contribution in [3.8, 4) is 0 Å². The lowest BCUT2D eigenvalue weighted by atomic mass is 10.0. The summed E-state index contributed by atoms with van der Waals surface area (Å²) in [4.78, 5) is 2.34. The molecule has 0 saturated carbocycles. The molecule has 108 valence electrons. The number of β-amino-alcohol motifs (C(OH)–C–C–N with tert-alkyl or cyclic N) is 1. The number of aliphatic hydroxyl groups is 1. The van der Waals surface area contributed by atoms with E-state index in [0.29, 0.717) is 18.7 Å². The van der Waals surface area contributed by atoms with Crippen LogP contribution in [0.4, 0.5) is 0 Å². The smallest absolute Gasteiger partial charge is 0.0900 e. The zero-order valence-electron chi connectivity index (χ0n) is 12.2. The van der Waals surface area contributed by atoms with Gasteiger partial charge in [-0.2, -0.15) is 0 Å². The predicted octanol–water partition coefficient (Wildman–Crippen LogP) is 1.24. The van der Waals surface area contributed by atoms with E-state index in [9.17, 15) is 5.11 Å². The summed E-state index contributed by atoms with van der Waals surface area (Å²) in [6.45, 7) is 7.85. The number of aliphatic hydroxyl groups excluding tert-OH is 1. The Morgan fingerprint density at radius 1 is 1.39 bits per heavy atom. The summed E-state index contributed by atoms with van der Waals surface area (Å²) in [5.41, 5.74) is 0. The highest BCUT2D eigenvalue weighted by Crippen LogP contribution is 2.12. The van der Waals surface area contributed by atoms with Gasteiger partial charge in [0.1, 0.15) is 0 Å². The van der Waals surface area contributed by atoms with Gasteiger partial charge < -0.3 is 20.1 Å². The minimum absolute atomic E-state index is 0.349. The molecular formula is C14H30N2O2. The van der Waals surface area contributed by atoms with Crippen molar-refractivity contribution in [3.05, 3.63) is 0 Å². The first-order valence-corrected chi connectivity index (χ1v) is 7.31. The Morgan fingerprint density at radius 2 is 2.06 bits per heavy atom. The topological polar surface area (TPSA) is 44.7 Å². The molecule has 18 heavy (non-hydrogen) atoms. The number of piperidine rings is 1. The minimum Gasteiger partial charge on any atom is -0.389 e. The summed E-state index contributed by atoms with van der Waals surface area (Å²) in [5, 5.41) is 13.4. The van der Waals surface area contributed by atoms with Crippen LogP contribution in [0.1, 0.15) is 39.5 Å². The van der Waals surface area contributed by atoms with Crippen LogP contribution < -0.4 is 5.32 Å². The van der Waals surface area contributed by atoms with Gasteiger partial charge in [-0.05, 0) is 39.3 Å². The van der Waals surface area contributed by atoms with Gasteiger partial charge in [0.25, 0.3) is 0 Å². The molecule has 0 radical (unpaired) electrons. The maximum Gasteiger partial charge on any atom is 0.0900 e. The highest BCUT2D eigenvalue weighted by Gasteiger charge is 2.21. The molecule has 4 nitrogen and oxygen atoms in total. The molecule has 2 N–H and O–H groups in total. The summed E-state index contributed by atoms with van der Waals surface area (Å²) < 4.78 is 4.96. The molecule has 1 aliphatic rings. The second-order valence-corrected chi connectivity index (χ2v) is 5.54. The van der Waals surface area contributed by atoms with E-state index in [4.69, 9.17) is 4.74 Å². The van der Waals surface area contributed by atoms with Crippen LogP contribution in [0.3, 0.4) is 0 Å². The first-order chi connectivity index (χ1) is 8.65. The molecule has 0 aromatic heterocycles. The van der Waals surface area contributed by atoms with E-state index in [1.54, 1.807) is 7.11 Å². The van der Waals surface area contributed by atoms with Crippen LogP contribution >= 0.6 is 0 Å². The lowest BCUT2D eigenvalue weighted by Gasteiger charge is -2.34. The summed E-state index contributed by atoms with van der Waals surface area (Å²) in [5.74, 6) is 0. The number of ether oxygens (including phenoxy) is 1. The molecule has 1 fully saturated rings. The van der Waals surface area contributed by atoms with Crippen LogP contribution in [0, 0.1) is 0 Å². The van der Waals surface area contributed by atoms with Crippen LogP contribution in [-0.4, -0.2) is 61.5 Å². The van der Waals surface area contributed by atoms with Crippen molar-refractivity contribution in [3.63, 3.8) is 0 Å². The van der Waals surface area contributed by atoms with Gasteiger partial charge in [-0.15, -0.1) is 0 Å². The van der Waals surface area contributed by atoms with Crippen LogP contribution in [0.25, 0.3) is 0 Å². The Balaban J connectivity index is 2.16. The summed E-state index contributed by atoms with van der Waals surface area (Å²) >= 11 is 0. The van der Waals surface area contributed by atoms with Crippen molar-refractivity contribution in [2.75, 3.05) is 33.4 Å². The number of hydrogen-bond donors (Lipinski definition) is 2. The van der Waals surface area contributed by atoms with Gasteiger partial charge >= 0.3 is 0 Å². The van der Waals surface area contributed by atoms with Crippen molar-refractivity contribution in [2.24, 2.45) is 0 Å². The molecule has 0 amide bonds. The Bertz CT molecular complexity index is 184. The number of methoxy groups -OCH3 is 1. The molecule has 1 rings (SSSR count). The van der Waals surface area contributed by atoms with Crippen LogP contribution in [0.2, 0.25) is 0 Å².